The molecular formula is C22H23NO4S. The van der Waals surface area contributed by atoms with Crippen molar-refractivity contribution in [3.63, 3.8) is 0 Å². The third-order valence-corrected chi connectivity index (χ3v) is 6.22. The summed E-state index contributed by atoms with van der Waals surface area (Å²) in [5.74, 6) is 1.35. The lowest BCUT2D eigenvalue weighted by Gasteiger charge is -2.25. The van der Waals surface area contributed by atoms with Crippen molar-refractivity contribution in [1.82, 2.24) is 0 Å². The SMILES string of the molecule is COc1ccc(N(Cc2cccc(OC)c2)S(=O)(=O)c2ccc(C)cc2)cc1. The van der Waals surface area contributed by atoms with Gasteiger partial charge in [0.25, 0.3) is 10.0 Å². The summed E-state index contributed by atoms with van der Waals surface area (Å²) in [6, 6.07) is 21.2. The van der Waals surface area contributed by atoms with Gasteiger partial charge in [0.15, 0.2) is 0 Å². The molecule has 0 unspecified atom stereocenters. The first-order valence-corrected chi connectivity index (χ1v) is 10.2. The van der Waals surface area contributed by atoms with Crippen LogP contribution in [0.5, 0.6) is 11.5 Å². The van der Waals surface area contributed by atoms with Crippen molar-refractivity contribution < 1.29 is 17.9 Å². The summed E-state index contributed by atoms with van der Waals surface area (Å²) in [6.07, 6.45) is 0. The van der Waals surface area contributed by atoms with E-state index in [4.69, 9.17) is 9.47 Å². The van der Waals surface area contributed by atoms with Gasteiger partial charge in [-0.1, -0.05) is 29.8 Å². The molecule has 146 valence electrons. The van der Waals surface area contributed by atoms with E-state index >= 15 is 0 Å². The van der Waals surface area contributed by atoms with Gasteiger partial charge in [-0.3, -0.25) is 4.31 Å². The highest BCUT2D eigenvalue weighted by Crippen LogP contribution is 2.28. The number of hydrogen-bond acceptors (Lipinski definition) is 4. The monoisotopic (exact) mass is 397 g/mol. The Labute approximate surface area is 166 Å². The van der Waals surface area contributed by atoms with Gasteiger partial charge in [0.2, 0.25) is 0 Å². The van der Waals surface area contributed by atoms with Crippen LogP contribution in [-0.4, -0.2) is 22.6 Å². The summed E-state index contributed by atoms with van der Waals surface area (Å²) >= 11 is 0. The molecule has 6 heteroatoms. The molecule has 0 aliphatic carbocycles. The maximum Gasteiger partial charge on any atom is 0.264 e. The molecule has 0 saturated carbocycles. The molecule has 0 fully saturated rings. The largest absolute Gasteiger partial charge is 0.497 e. The zero-order valence-corrected chi connectivity index (χ0v) is 16.9. The van der Waals surface area contributed by atoms with E-state index in [2.05, 4.69) is 0 Å². The maximum atomic E-state index is 13.4. The Morgan fingerprint density at radius 3 is 2.07 bits per heavy atom. The van der Waals surface area contributed by atoms with Crippen LogP contribution in [0.4, 0.5) is 5.69 Å². The van der Waals surface area contributed by atoms with Crippen LogP contribution in [-0.2, 0) is 16.6 Å². The Balaban J connectivity index is 2.05. The Morgan fingerprint density at radius 1 is 0.821 bits per heavy atom. The summed E-state index contributed by atoms with van der Waals surface area (Å²) in [5.41, 5.74) is 2.39. The molecule has 0 atom stereocenters. The van der Waals surface area contributed by atoms with E-state index < -0.39 is 10.0 Å². The Kier molecular flexibility index (Phi) is 5.90. The lowest BCUT2D eigenvalue weighted by atomic mass is 10.2. The molecule has 0 amide bonds. The molecule has 0 aromatic heterocycles. The second kappa shape index (κ2) is 8.35. The number of ether oxygens (including phenoxy) is 2. The number of hydrogen-bond donors (Lipinski definition) is 0. The van der Waals surface area contributed by atoms with Gasteiger partial charge in [-0.05, 0) is 61.0 Å². The van der Waals surface area contributed by atoms with E-state index in [1.165, 1.54) is 4.31 Å². The van der Waals surface area contributed by atoms with Crippen LogP contribution in [0.25, 0.3) is 0 Å². The van der Waals surface area contributed by atoms with Crippen molar-refractivity contribution in [3.8, 4) is 11.5 Å². The molecule has 5 nitrogen and oxygen atoms in total. The Bertz CT molecular complexity index is 1030. The molecule has 0 spiro atoms. The molecule has 3 aromatic rings. The number of aryl methyl sites for hydroxylation is 1. The predicted molar refractivity (Wildman–Crippen MR) is 111 cm³/mol. The van der Waals surface area contributed by atoms with Crippen molar-refractivity contribution in [1.29, 1.82) is 0 Å². The third kappa shape index (κ3) is 4.28. The van der Waals surface area contributed by atoms with E-state index in [1.807, 2.05) is 31.2 Å². The number of nitrogens with zero attached hydrogens (tertiary/aromatic N) is 1. The molecule has 0 bridgehead atoms. The van der Waals surface area contributed by atoms with Crippen molar-refractivity contribution in [2.75, 3.05) is 18.5 Å². The minimum atomic E-state index is -3.76. The van der Waals surface area contributed by atoms with Gasteiger partial charge in [0.1, 0.15) is 11.5 Å². The predicted octanol–water partition coefficient (Wildman–Crippen LogP) is 4.41. The molecule has 0 N–H and O–H groups in total. The van der Waals surface area contributed by atoms with Crippen LogP contribution in [0.1, 0.15) is 11.1 Å². The van der Waals surface area contributed by atoms with Crippen molar-refractivity contribution in [3.05, 3.63) is 83.9 Å². The summed E-state index contributed by atoms with van der Waals surface area (Å²) in [5, 5.41) is 0. The second-order valence-electron chi connectivity index (χ2n) is 6.37. The molecule has 0 saturated heterocycles. The van der Waals surface area contributed by atoms with Gasteiger partial charge >= 0.3 is 0 Å². The van der Waals surface area contributed by atoms with Crippen LogP contribution in [0.2, 0.25) is 0 Å². The van der Waals surface area contributed by atoms with Crippen molar-refractivity contribution in [2.45, 2.75) is 18.4 Å². The fraction of sp³-hybridized carbons (Fsp3) is 0.182. The van der Waals surface area contributed by atoms with Crippen LogP contribution in [0.3, 0.4) is 0 Å². The summed E-state index contributed by atoms with van der Waals surface area (Å²) in [4.78, 5) is 0.247. The highest BCUT2D eigenvalue weighted by molar-refractivity contribution is 7.92. The van der Waals surface area contributed by atoms with E-state index in [0.29, 0.717) is 17.2 Å². The number of methoxy groups -OCH3 is 2. The summed E-state index contributed by atoms with van der Waals surface area (Å²) in [6.45, 7) is 2.10. The Morgan fingerprint density at radius 2 is 1.46 bits per heavy atom. The minimum Gasteiger partial charge on any atom is -0.497 e. The zero-order valence-electron chi connectivity index (χ0n) is 16.1. The number of anilines is 1. The lowest BCUT2D eigenvalue weighted by Crippen LogP contribution is -2.30. The molecule has 0 aliphatic heterocycles. The van der Waals surface area contributed by atoms with E-state index in [0.717, 1.165) is 11.1 Å². The number of sulfonamides is 1. The van der Waals surface area contributed by atoms with E-state index in [-0.39, 0.29) is 11.4 Å². The van der Waals surface area contributed by atoms with E-state index in [1.54, 1.807) is 62.8 Å². The van der Waals surface area contributed by atoms with Crippen molar-refractivity contribution >= 4 is 15.7 Å². The van der Waals surface area contributed by atoms with Gasteiger partial charge in [-0.25, -0.2) is 8.42 Å². The minimum absolute atomic E-state index is 0.180. The van der Waals surface area contributed by atoms with Crippen LogP contribution >= 0.6 is 0 Å². The van der Waals surface area contributed by atoms with Gasteiger partial charge in [-0.15, -0.1) is 0 Å². The second-order valence-corrected chi connectivity index (χ2v) is 8.24. The first kappa shape index (κ1) is 19.8. The van der Waals surface area contributed by atoms with Crippen LogP contribution in [0, 0.1) is 6.92 Å². The van der Waals surface area contributed by atoms with Crippen LogP contribution < -0.4 is 13.8 Å². The summed E-state index contributed by atoms with van der Waals surface area (Å²) in [7, 11) is -0.594. The molecule has 0 heterocycles. The van der Waals surface area contributed by atoms with Gasteiger partial charge < -0.3 is 9.47 Å². The smallest absolute Gasteiger partial charge is 0.264 e. The highest BCUT2D eigenvalue weighted by Gasteiger charge is 2.25. The average molecular weight is 397 g/mol. The number of benzene rings is 3. The molecule has 28 heavy (non-hydrogen) atoms. The third-order valence-electron chi connectivity index (χ3n) is 4.43. The Hall–Kier alpha value is -2.99. The lowest BCUT2D eigenvalue weighted by molar-refractivity contribution is 0.414. The van der Waals surface area contributed by atoms with Gasteiger partial charge in [0, 0.05) is 0 Å². The summed E-state index contributed by atoms with van der Waals surface area (Å²) < 4.78 is 38.7. The molecular weight excluding hydrogens is 374 g/mol. The first-order chi connectivity index (χ1) is 13.4. The normalized spacial score (nSPS) is 11.1. The molecule has 0 radical (unpaired) electrons. The molecule has 3 rings (SSSR count). The van der Waals surface area contributed by atoms with Gasteiger partial charge in [-0.2, -0.15) is 0 Å². The van der Waals surface area contributed by atoms with Gasteiger partial charge in [0.05, 0.1) is 31.3 Å². The van der Waals surface area contributed by atoms with E-state index in [9.17, 15) is 8.42 Å². The number of rotatable bonds is 7. The van der Waals surface area contributed by atoms with Crippen molar-refractivity contribution in [2.24, 2.45) is 0 Å². The quantitative estimate of drug-likeness (QED) is 0.593. The first-order valence-electron chi connectivity index (χ1n) is 8.80. The fourth-order valence-corrected chi connectivity index (χ4v) is 4.29. The highest BCUT2D eigenvalue weighted by atomic mass is 32.2. The van der Waals surface area contributed by atoms with Crippen LogP contribution in [0.15, 0.2) is 77.7 Å². The molecule has 0 aliphatic rings. The standard InChI is InChI=1S/C22H23NO4S/c1-17-7-13-22(14-8-17)28(24,25)23(19-9-11-20(26-2)12-10-19)16-18-5-4-6-21(15-18)27-3/h4-15H,16H2,1-3H3. The zero-order chi connectivity index (χ0) is 20.1. The maximum absolute atomic E-state index is 13.4. The molecule has 3 aromatic carbocycles. The topological polar surface area (TPSA) is 55.8 Å². The average Bonchev–Trinajstić information content (AvgIpc) is 2.72. The fourth-order valence-electron chi connectivity index (χ4n) is 2.84.